The molecule has 0 saturated carbocycles. The fourth-order valence-electron chi connectivity index (χ4n) is 1.40. The second kappa shape index (κ2) is 5.54. The molecule has 0 atom stereocenters. The van der Waals surface area contributed by atoms with Crippen LogP contribution in [-0.4, -0.2) is 14.5 Å². The van der Waals surface area contributed by atoms with Gasteiger partial charge >= 0.3 is 0 Å². The first-order valence-corrected chi connectivity index (χ1v) is 5.94. The molecule has 2 rings (SSSR count). The van der Waals surface area contributed by atoms with E-state index in [0.717, 1.165) is 17.0 Å². The average molecular weight is 248 g/mol. The van der Waals surface area contributed by atoms with Gasteiger partial charge in [-0.25, -0.2) is 0 Å². The summed E-state index contributed by atoms with van der Waals surface area (Å²) in [7, 11) is 0. The highest BCUT2D eigenvalue weighted by Crippen LogP contribution is 2.14. The minimum atomic E-state index is 0.159. The second-order valence-corrected chi connectivity index (χ2v) is 4.27. The minimum absolute atomic E-state index is 0.159. The van der Waals surface area contributed by atoms with Crippen LogP contribution in [-0.2, 0) is 17.8 Å². The molecule has 0 amide bonds. The maximum Gasteiger partial charge on any atom is 0.134 e. The van der Waals surface area contributed by atoms with Crippen molar-refractivity contribution in [1.29, 1.82) is 0 Å². The number of ketones is 1. The van der Waals surface area contributed by atoms with Gasteiger partial charge in [-0.2, -0.15) is 8.75 Å². The van der Waals surface area contributed by atoms with Crippen LogP contribution in [0.25, 0.3) is 0 Å². The van der Waals surface area contributed by atoms with Crippen molar-refractivity contribution in [2.45, 2.75) is 20.0 Å². The molecule has 5 heteroatoms. The Morgan fingerprint density at radius 2 is 2.12 bits per heavy atom. The van der Waals surface area contributed by atoms with E-state index in [4.69, 9.17) is 4.74 Å². The fraction of sp³-hybridized carbons (Fsp3) is 0.250. The van der Waals surface area contributed by atoms with E-state index < -0.39 is 0 Å². The zero-order valence-electron chi connectivity index (χ0n) is 9.42. The third-order valence-electron chi connectivity index (χ3n) is 2.17. The van der Waals surface area contributed by atoms with E-state index in [-0.39, 0.29) is 5.78 Å². The number of benzene rings is 1. The van der Waals surface area contributed by atoms with Crippen molar-refractivity contribution in [2.24, 2.45) is 0 Å². The zero-order chi connectivity index (χ0) is 12.1. The van der Waals surface area contributed by atoms with Gasteiger partial charge in [0.05, 0.1) is 17.9 Å². The monoisotopic (exact) mass is 248 g/mol. The van der Waals surface area contributed by atoms with Gasteiger partial charge in [0.2, 0.25) is 0 Å². The molecule has 0 radical (unpaired) electrons. The number of aromatic nitrogens is 2. The molecule has 88 valence electrons. The van der Waals surface area contributed by atoms with Crippen molar-refractivity contribution in [3.63, 3.8) is 0 Å². The Labute approximate surface area is 104 Å². The summed E-state index contributed by atoms with van der Waals surface area (Å²) in [5, 5.41) is 0. The maximum absolute atomic E-state index is 10.9. The third-order valence-corrected chi connectivity index (χ3v) is 2.69. The molecule has 1 aromatic carbocycles. The topological polar surface area (TPSA) is 52.1 Å². The lowest BCUT2D eigenvalue weighted by atomic mass is 10.1. The molecule has 0 spiro atoms. The van der Waals surface area contributed by atoms with Crippen LogP contribution in [0, 0.1) is 0 Å². The van der Waals surface area contributed by atoms with Gasteiger partial charge in [-0.3, -0.25) is 4.79 Å². The molecule has 0 unspecified atom stereocenters. The van der Waals surface area contributed by atoms with Crippen LogP contribution < -0.4 is 4.74 Å². The van der Waals surface area contributed by atoms with Crippen LogP contribution in [0.1, 0.15) is 18.2 Å². The van der Waals surface area contributed by atoms with Crippen molar-refractivity contribution >= 4 is 17.5 Å². The highest BCUT2D eigenvalue weighted by Gasteiger charge is 2.00. The standard InChI is InChI=1S/C12H12N2O2S/c1-9(15)6-10-2-4-12(5-3-10)16-8-11-7-13-17-14-11/h2-5,7H,6,8H2,1H3. The second-order valence-electron chi connectivity index (χ2n) is 3.71. The number of nitrogens with zero attached hydrogens (tertiary/aromatic N) is 2. The van der Waals surface area contributed by atoms with Gasteiger partial charge in [-0.15, -0.1) is 0 Å². The molecule has 0 aliphatic heterocycles. The van der Waals surface area contributed by atoms with Crippen LogP contribution >= 0.6 is 11.7 Å². The van der Waals surface area contributed by atoms with Gasteiger partial charge in [0, 0.05) is 6.42 Å². The summed E-state index contributed by atoms with van der Waals surface area (Å²) in [6.07, 6.45) is 2.16. The van der Waals surface area contributed by atoms with Gasteiger partial charge in [0.25, 0.3) is 0 Å². The summed E-state index contributed by atoms with van der Waals surface area (Å²) < 4.78 is 13.5. The number of rotatable bonds is 5. The first-order chi connectivity index (χ1) is 8.24. The van der Waals surface area contributed by atoms with Crippen LogP contribution in [0.5, 0.6) is 5.75 Å². The van der Waals surface area contributed by atoms with Crippen molar-refractivity contribution < 1.29 is 9.53 Å². The Morgan fingerprint density at radius 3 is 2.71 bits per heavy atom. The van der Waals surface area contributed by atoms with E-state index in [2.05, 4.69) is 8.75 Å². The van der Waals surface area contributed by atoms with Crippen LogP contribution in [0.3, 0.4) is 0 Å². The first kappa shape index (κ1) is 11.7. The zero-order valence-corrected chi connectivity index (χ0v) is 10.2. The molecule has 2 aromatic rings. The summed E-state index contributed by atoms with van der Waals surface area (Å²) in [5.74, 6) is 0.928. The first-order valence-electron chi connectivity index (χ1n) is 5.21. The van der Waals surface area contributed by atoms with Crippen LogP contribution in [0.15, 0.2) is 30.5 Å². The third kappa shape index (κ3) is 3.64. The van der Waals surface area contributed by atoms with Crippen LogP contribution in [0.4, 0.5) is 0 Å². The number of carbonyl (C=O) groups excluding carboxylic acids is 1. The Kier molecular flexibility index (Phi) is 3.82. The van der Waals surface area contributed by atoms with E-state index in [0.29, 0.717) is 13.0 Å². The van der Waals surface area contributed by atoms with Crippen LogP contribution in [0.2, 0.25) is 0 Å². The number of carbonyl (C=O) groups is 1. The Hall–Kier alpha value is -1.75. The van der Waals surface area contributed by atoms with E-state index in [9.17, 15) is 4.79 Å². The molecular weight excluding hydrogens is 236 g/mol. The number of hydrogen-bond donors (Lipinski definition) is 0. The lowest BCUT2D eigenvalue weighted by molar-refractivity contribution is -0.116. The van der Waals surface area contributed by atoms with Gasteiger partial charge in [0.1, 0.15) is 23.8 Å². The highest BCUT2D eigenvalue weighted by atomic mass is 32.1. The lowest BCUT2D eigenvalue weighted by Gasteiger charge is -2.04. The summed E-state index contributed by atoms with van der Waals surface area (Å²) in [5.41, 5.74) is 1.82. The van der Waals surface area contributed by atoms with Gasteiger partial charge in [0.15, 0.2) is 0 Å². The molecular formula is C12H12N2O2S. The van der Waals surface area contributed by atoms with Crippen molar-refractivity contribution in [3.8, 4) is 5.75 Å². The highest BCUT2D eigenvalue weighted by molar-refractivity contribution is 6.99. The summed E-state index contributed by atoms with van der Waals surface area (Å²) in [4.78, 5) is 10.9. The molecule has 0 aliphatic carbocycles. The lowest BCUT2D eigenvalue weighted by Crippen LogP contribution is -1.97. The molecule has 1 aromatic heterocycles. The number of ether oxygens (including phenoxy) is 1. The summed E-state index contributed by atoms with van der Waals surface area (Å²) in [6.45, 7) is 2.00. The molecule has 0 saturated heterocycles. The summed E-state index contributed by atoms with van der Waals surface area (Å²) in [6, 6.07) is 7.52. The average Bonchev–Trinajstić information content (AvgIpc) is 2.80. The SMILES string of the molecule is CC(=O)Cc1ccc(OCc2cnsn2)cc1. The molecule has 0 fully saturated rings. The maximum atomic E-state index is 10.9. The number of hydrogen-bond acceptors (Lipinski definition) is 5. The van der Waals surface area contributed by atoms with Gasteiger partial charge < -0.3 is 4.74 Å². The van der Waals surface area contributed by atoms with Gasteiger partial charge in [-0.1, -0.05) is 12.1 Å². The van der Waals surface area contributed by atoms with E-state index >= 15 is 0 Å². The van der Waals surface area contributed by atoms with Crippen molar-refractivity contribution in [2.75, 3.05) is 0 Å². The molecule has 0 N–H and O–H groups in total. The minimum Gasteiger partial charge on any atom is -0.487 e. The smallest absolute Gasteiger partial charge is 0.134 e. The predicted octanol–water partition coefficient (Wildman–Crippen LogP) is 2.25. The van der Waals surface area contributed by atoms with Crippen molar-refractivity contribution in [1.82, 2.24) is 8.75 Å². The Balaban J connectivity index is 1.91. The molecule has 4 nitrogen and oxygen atoms in total. The molecule has 0 aliphatic rings. The number of Topliss-reactive ketones (excluding diaryl/α,β-unsaturated/α-hetero) is 1. The quantitative estimate of drug-likeness (QED) is 0.814. The predicted molar refractivity (Wildman–Crippen MR) is 65.1 cm³/mol. The van der Waals surface area contributed by atoms with E-state index in [1.807, 2.05) is 24.3 Å². The fourth-order valence-corrected chi connectivity index (χ4v) is 1.82. The Morgan fingerprint density at radius 1 is 1.35 bits per heavy atom. The summed E-state index contributed by atoms with van der Waals surface area (Å²) >= 11 is 1.17. The van der Waals surface area contributed by atoms with E-state index in [1.165, 1.54) is 11.7 Å². The molecule has 17 heavy (non-hydrogen) atoms. The largest absolute Gasteiger partial charge is 0.487 e. The van der Waals surface area contributed by atoms with Gasteiger partial charge in [-0.05, 0) is 24.6 Å². The molecule has 1 heterocycles. The van der Waals surface area contributed by atoms with Crippen molar-refractivity contribution in [3.05, 3.63) is 41.7 Å². The van der Waals surface area contributed by atoms with E-state index in [1.54, 1.807) is 13.1 Å². The Bertz CT molecular complexity index is 480. The normalized spacial score (nSPS) is 10.2. The molecule has 0 bridgehead atoms.